The second-order valence-corrected chi connectivity index (χ2v) is 9.23. The Morgan fingerprint density at radius 2 is 2.11 bits per heavy atom. The van der Waals surface area contributed by atoms with Gasteiger partial charge in [-0.25, -0.2) is 4.98 Å². The molecule has 0 N–H and O–H groups in total. The molecule has 1 aromatic carbocycles. The van der Waals surface area contributed by atoms with Crippen molar-refractivity contribution in [3.63, 3.8) is 0 Å². The van der Waals surface area contributed by atoms with E-state index in [4.69, 9.17) is 4.98 Å². The monoisotopic (exact) mass is 396 g/mol. The summed E-state index contributed by atoms with van der Waals surface area (Å²) in [7, 11) is 0. The van der Waals surface area contributed by atoms with Gasteiger partial charge in [0.2, 0.25) is 0 Å². The van der Waals surface area contributed by atoms with E-state index in [1.807, 2.05) is 0 Å². The minimum absolute atomic E-state index is 0.0995. The number of benzene rings is 1. The molecule has 5 heteroatoms. The zero-order chi connectivity index (χ0) is 19.0. The first-order valence-corrected chi connectivity index (χ1v) is 11.2. The van der Waals surface area contributed by atoms with Crippen molar-refractivity contribution in [1.29, 1.82) is 0 Å². The van der Waals surface area contributed by atoms with E-state index in [2.05, 4.69) is 38.6 Å². The zero-order valence-corrected chi connectivity index (χ0v) is 17.5. The molecule has 4 rings (SSSR count). The standard InChI is InChI=1S/C22H24N2OS2/c1-4-11-24-21(25)19-17-7-5-6-8-18(17)27-20(19)23-22(24)26-13-16-10-9-14(2)12-15(16)3/h4,9-10,12H,1,5-8,11,13H2,2-3H3. The smallest absolute Gasteiger partial charge is 0.263 e. The molecule has 3 nitrogen and oxygen atoms in total. The minimum atomic E-state index is 0.0995. The predicted molar refractivity (Wildman–Crippen MR) is 116 cm³/mol. The molecule has 140 valence electrons. The van der Waals surface area contributed by atoms with Crippen molar-refractivity contribution in [3.8, 4) is 0 Å². The predicted octanol–water partition coefficient (Wildman–Crippen LogP) is 5.43. The molecule has 0 spiro atoms. The van der Waals surface area contributed by atoms with Crippen LogP contribution in [0, 0.1) is 13.8 Å². The van der Waals surface area contributed by atoms with Crippen LogP contribution in [0.1, 0.15) is 40.0 Å². The normalized spacial score (nSPS) is 13.7. The summed E-state index contributed by atoms with van der Waals surface area (Å²) >= 11 is 3.36. The van der Waals surface area contributed by atoms with Gasteiger partial charge in [0.1, 0.15) is 4.83 Å². The van der Waals surface area contributed by atoms with Crippen molar-refractivity contribution >= 4 is 33.3 Å². The minimum Gasteiger partial charge on any atom is -0.283 e. The lowest BCUT2D eigenvalue weighted by atomic mass is 9.97. The van der Waals surface area contributed by atoms with E-state index in [0.717, 1.165) is 34.0 Å². The third-order valence-electron chi connectivity index (χ3n) is 5.21. The molecule has 2 aromatic heterocycles. The fourth-order valence-corrected chi connectivity index (χ4v) is 6.16. The van der Waals surface area contributed by atoms with Gasteiger partial charge in [-0.1, -0.05) is 41.6 Å². The molecule has 0 aliphatic heterocycles. The van der Waals surface area contributed by atoms with Gasteiger partial charge in [0.25, 0.3) is 5.56 Å². The van der Waals surface area contributed by atoms with Crippen LogP contribution in [0.25, 0.3) is 10.2 Å². The summed E-state index contributed by atoms with van der Waals surface area (Å²) in [4.78, 5) is 20.5. The van der Waals surface area contributed by atoms with Gasteiger partial charge < -0.3 is 0 Å². The summed E-state index contributed by atoms with van der Waals surface area (Å²) in [6.45, 7) is 8.60. The van der Waals surface area contributed by atoms with Crippen LogP contribution in [0.2, 0.25) is 0 Å². The van der Waals surface area contributed by atoms with Crippen molar-refractivity contribution in [2.24, 2.45) is 0 Å². The van der Waals surface area contributed by atoms with Crippen LogP contribution in [0.15, 0.2) is 40.8 Å². The second kappa shape index (κ2) is 7.64. The molecule has 0 bridgehead atoms. The Bertz CT molecular complexity index is 1080. The van der Waals surface area contributed by atoms with Crippen LogP contribution in [-0.4, -0.2) is 9.55 Å². The molecule has 27 heavy (non-hydrogen) atoms. The summed E-state index contributed by atoms with van der Waals surface area (Å²) in [5, 5.41) is 1.65. The molecular formula is C22H24N2OS2. The number of aryl methyl sites for hydroxylation is 4. The maximum absolute atomic E-state index is 13.3. The Morgan fingerprint density at radius 1 is 1.30 bits per heavy atom. The number of thiophene rings is 1. The number of allylic oxidation sites excluding steroid dienone is 1. The molecule has 0 fully saturated rings. The summed E-state index contributed by atoms with van der Waals surface area (Å²) in [6, 6.07) is 6.52. The van der Waals surface area contributed by atoms with E-state index < -0.39 is 0 Å². The maximum atomic E-state index is 13.3. The van der Waals surface area contributed by atoms with E-state index in [1.165, 1.54) is 40.0 Å². The van der Waals surface area contributed by atoms with E-state index >= 15 is 0 Å². The summed E-state index contributed by atoms with van der Waals surface area (Å²) in [5.74, 6) is 0.812. The van der Waals surface area contributed by atoms with Gasteiger partial charge in [-0.2, -0.15) is 0 Å². The zero-order valence-electron chi connectivity index (χ0n) is 15.9. The Labute approximate surface area is 168 Å². The summed E-state index contributed by atoms with van der Waals surface area (Å²) in [5.41, 5.74) is 5.20. The summed E-state index contributed by atoms with van der Waals surface area (Å²) < 4.78 is 1.80. The van der Waals surface area contributed by atoms with Crippen LogP contribution in [-0.2, 0) is 25.1 Å². The Morgan fingerprint density at radius 3 is 2.89 bits per heavy atom. The molecular weight excluding hydrogens is 372 g/mol. The highest BCUT2D eigenvalue weighted by Crippen LogP contribution is 2.35. The Balaban J connectivity index is 1.76. The number of fused-ring (bicyclic) bond motifs is 3. The third kappa shape index (κ3) is 3.50. The quantitative estimate of drug-likeness (QED) is 0.328. The Kier molecular flexibility index (Phi) is 5.24. The van der Waals surface area contributed by atoms with E-state index in [-0.39, 0.29) is 5.56 Å². The molecule has 0 atom stereocenters. The fourth-order valence-electron chi connectivity index (χ4n) is 3.77. The first kappa shape index (κ1) is 18.5. The number of aromatic nitrogens is 2. The van der Waals surface area contributed by atoms with E-state index in [0.29, 0.717) is 6.54 Å². The molecule has 1 aliphatic carbocycles. The van der Waals surface area contributed by atoms with E-state index in [1.54, 1.807) is 33.7 Å². The van der Waals surface area contributed by atoms with E-state index in [9.17, 15) is 4.79 Å². The molecule has 3 aromatic rings. The highest BCUT2D eigenvalue weighted by molar-refractivity contribution is 7.98. The van der Waals surface area contributed by atoms with Crippen molar-refractivity contribution in [2.45, 2.75) is 57.0 Å². The average molecular weight is 397 g/mol. The van der Waals surface area contributed by atoms with Gasteiger partial charge in [0.15, 0.2) is 5.16 Å². The Hall–Kier alpha value is -1.85. The number of nitrogens with zero attached hydrogens (tertiary/aromatic N) is 2. The first-order valence-electron chi connectivity index (χ1n) is 9.43. The topological polar surface area (TPSA) is 34.9 Å². The van der Waals surface area contributed by atoms with Gasteiger partial charge in [0.05, 0.1) is 5.39 Å². The highest BCUT2D eigenvalue weighted by atomic mass is 32.2. The SMILES string of the molecule is C=CCn1c(SCc2ccc(C)cc2C)nc2sc3c(c2c1=O)CCCC3. The van der Waals surface area contributed by atoms with Crippen molar-refractivity contribution in [2.75, 3.05) is 0 Å². The lowest BCUT2D eigenvalue weighted by molar-refractivity contribution is 0.668. The van der Waals surface area contributed by atoms with Gasteiger partial charge in [-0.15, -0.1) is 17.9 Å². The van der Waals surface area contributed by atoms with Crippen molar-refractivity contribution < 1.29 is 0 Å². The number of hydrogen-bond donors (Lipinski definition) is 0. The summed E-state index contributed by atoms with van der Waals surface area (Å²) in [6.07, 6.45) is 6.27. The number of rotatable bonds is 5. The molecule has 0 saturated heterocycles. The largest absolute Gasteiger partial charge is 0.283 e. The average Bonchev–Trinajstić information content (AvgIpc) is 3.02. The number of hydrogen-bond acceptors (Lipinski definition) is 4. The first-order chi connectivity index (χ1) is 13.1. The number of thioether (sulfide) groups is 1. The molecule has 2 heterocycles. The second-order valence-electron chi connectivity index (χ2n) is 7.21. The van der Waals surface area contributed by atoms with Crippen molar-refractivity contribution in [3.05, 3.63) is 68.3 Å². The third-order valence-corrected chi connectivity index (χ3v) is 7.42. The van der Waals surface area contributed by atoms with Crippen LogP contribution < -0.4 is 5.56 Å². The molecule has 0 saturated carbocycles. The van der Waals surface area contributed by atoms with Crippen LogP contribution >= 0.6 is 23.1 Å². The fraction of sp³-hybridized carbons (Fsp3) is 0.364. The maximum Gasteiger partial charge on any atom is 0.263 e. The van der Waals surface area contributed by atoms with Gasteiger partial charge in [-0.3, -0.25) is 9.36 Å². The molecule has 0 radical (unpaired) electrons. The van der Waals surface area contributed by atoms with Gasteiger partial charge in [-0.05, 0) is 56.2 Å². The van der Waals surface area contributed by atoms with Crippen LogP contribution in [0.5, 0.6) is 0 Å². The molecule has 0 unspecified atom stereocenters. The molecule has 1 aliphatic rings. The lowest BCUT2D eigenvalue weighted by Gasteiger charge is -2.13. The van der Waals surface area contributed by atoms with Gasteiger partial charge >= 0.3 is 0 Å². The highest BCUT2D eigenvalue weighted by Gasteiger charge is 2.22. The lowest BCUT2D eigenvalue weighted by Crippen LogP contribution is -2.23. The van der Waals surface area contributed by atoms with Crippen molar-refractivity contribution in [1.82, 2.24) is 9.55 Å². The molecule has 0 amide bonds. The van der Waals surface area contributed by atoms with Crippen LogP contribution in [0.3, 0.4) is 0 Å². The van der Waals surface area contributed by atoms with Gasteiger partial charge in [0, 0.05) is 17.2 Å². The van der Waals surface area contributed by atoms with Crippen LogP contribution in [0.4, 0.5) is 0 Å².